The van der Waals surface area contributed by atoms with Gasteiger partial charge in [0.2, 0.25) is 0 Å². The first kappa shape index (κ1) is 19.1. The summed E-state index contributed by atoms with van der Waals surface area (Å²) in [6.07, 6.45) is 0. The van der Waals surface area contributed by atoms with Crippen molar-refractivity contribution in [2.75, 3.05) is 6.54 Å². The van der Waals surface area contributed by atoms with E-state index in [9.17, 15) is 8.78 Å². The van der Waals surface area contributed by atoms with Crippen molar-refractivity contribution in [1.29, 1.82) is 0 Å². The molecule has 5 nitrogen and oxygen atoms in total. The third kappa shape index (κ3) is 5.97. The minimum absolute atomic E-state index is 0.142. The number of nitrogens with one attached hydrogen (secondary N) is 2. The van der Waals surface area contributed by atoms with Crippen LogP contribution in [-0.2, 0) is 13.1 Å². The van der Waals surface area contributed by atoms with Crippen LogP contribution in [0.5, 0.6) is 5.75 Å². The summed E-state index contributed by atoms with van der Waals surface area (Å²) < 4.78 is 29.5. The maximum atomic E-state index is 12.5. The molecule has 1 heterocycles. The molecule has 0 atom stereocenters. The van der Waals surface area contributed by atoms with Gasteiger partial charge in [-0.05, 0) is 26.8 Å². The molecule has 0 radical (unpaired) electrons. The molecule has 0 saturated carbocycles. The van der Waals surface area contributed by atoms with Crippen LogP contribution in [0.3, 0.4) is 0 Å². The van der Waals surface area contributed by atoms with Gasteiger partial charge in [0.05, 0.1) is 18.8 Å². The molecule has 0 aliphatic heterocycles. The van der Waals surface area contributed by atoms with Crippen LogP contribution in [0.1, 0.15) is 28.1 Å². The lowest BCUT2D eigenvalue weighted by atomic mass is 10.2. The molecule has 0 aliphatic carbocycles. The monoisotopic (exact) mass is 368 g/mol. The van der Waals surface area contributed by atoms with Gasteiger partial charge >= 0.3 is 6.61 Å². The maximum absolute atomic E-state index is 12.5. The van der Waals surface area contributed by atoms with E-state index in [1.54, 1.807) is 29.5 Å². The number of benzene rings is 1. The maximum Gasteiger partial charge on any atom is 0.387 e. The Bertz CT molecular complexity index is 699. The third-order valence-corrected chi connectivity index (χ3v) is 4.49. The van der Waals surface area contributed by atoms with E-state index in [1.807, 2.05) is 20.8 Å². The topological polar surface area (TPSA) is 58.5 Å². The van der Waals surface area contributed by atoms with Crippen molar-refractivity contribution in [3.05, 3.63) is 45.4 Å². The SMILES string of the molecule is CCNC(=NCc1ccccc1OC(F)F)NCc1nc(C)c(C)s1. The third-order valence-electron chi connectivity index (χ3n) is 3.42. The zero-order chi connectivity index (χ0) is 18.2. The highest BCUT2D eigenvalue weighted by molar-refractivity contribution is 7.11. The molecule has 136 valence electrons. The molecule has 1 aromatic heterocycles. The quantitative estimate of drug-likeness (QED) is 0.579. The molecule has 25 heavy (non-hydrogen) atoms. The zero-order valence-electron chi connectivity index (χ0n) is 14.5. The lowest BCUT2D eigenvalue weighted by Crippen LogP contribution is -2.36. The molecule has 1 aromatic carbocycles. The average Bonchev–Trinajstić information content (AvgIpc) is 2.89. The smallest absolute Gasteiger partial charge is 0.387 e. The van der Waals surface area contributed by atoms with Crippen LogP contribution in [0.25, 0.3) is 0 Å². The van der Waals surface area contributed by atoms with Gasteiger partial charge in [0, 0.05) is 17.0 Å². The van der Waals surface area contributed by atoms with Crippen molar-refractivity contribution in [2.45, 2.75) is 40.5 Å². The average molecular weight is 368 g/mol. The second kappa shape index (κ2) is 9.31. The van der Waals surface area contributed by atoms with Gasteiger partial charge in [0.25, 0.3) is 0 Å². The Morgan fingerprint density at radius 1 is 1.28 bits per heavy atom. The van der Waals surface area contributed by atoms with Crippen molar-refractivity contribution < 1.29 is 13.5 Å². The Hall–Kier alpha value is -2.22. The van der Waals surface area contributed by atoms with Crippen molar-refractivity contribution in [3.8, 4) is 5.75 Å². The van der Waals surface area contributed by atoms with E-state index in [0.717, 1.165) is 10.7 Å². The second-order valence-corrected chi connectivity index (χ2v) is 6.57. The lowest BCUT2D eigenvalue weighted by Gasteiger charge is -2.12. The molecule has 2 N–H and O–H groups in total. The number of ether oxygens (including phenoxy) is 1. The number of nitrogens with zero attached hydrogens (tertiary/aromatic N) is 2. The number of rotatable bonds is 7. The van der Waals surface area contributed by atoms with Crippen LogP contribution >= 0.6 is 11.3 Å². The van der Waals surface area contributed by atoms with E-state index >= 15 is 0 Å². The Balaban J connectivity index is 2.04. The van der Waals surface area contributed by atoms with Gasteiger partial charge in [0.15, 0.2) is 5.96 Å². The highest BCUT2D eigenvalue weighted by Crippen LogP contribution is 2.21. The normalized spacial score (nSPS) is 11.7. The van der Waals surface area contributed by atoms with E-state index < -0.39 is 6.61 Å². The fraction of sp³-hybridized carbons (Fsp3) is 0.412. The van der Waals surface area contributed by atoms with Crippen LogP contribution in [0, 0.1) is 13.8 Å². The van der Waals surface area contributed by atoms with E-state index in [2.05, 4.69) is 25.3 Å². The molecule has 8 heteroatoms. The van der Waals surface area contributed by atoms with E-state index in [-0.39, 0.29) is 12.3 Å². The van der Waals surface area contributed by atoms with Crippen molar-refractivity contribution >= 4 is 17.3 Å². The molecule has 0 spiro atoms. The number of alkyl halides is 2. The van der Waals surface area contributed by atoms with Gasteiger partial charge < -0.3 is 15.4 Å². The summed E-state index contributed by atoms with van der Waals surface area (Å²) in [5.41, 5.74) is 1.63. The first-order valence-corrected chi connectivity index (χ1v) is 8.79. The van der Waals surface area contributed by atoms with Gasteiger partial charge in [-0.25, -0.2) is 9.98 Å². The molecule has 0 fully saturated rings. The van der Waals surface area contributed by atoms with Crippen LogP contribution in [-0.4, -0.2) is 24.1 Å². The predicted molar refractivity (Wildman–Crippen MR) is 96.3 cm³/mol. The van der Waals surface area contributed by atoms with Gasteiger partial charge in [-0.15, -0.1) is 11.3 Å². The summed E-state index contributed by atoms with van der Waals surface area (Å²) in [4.78, 5) is 10.1. The fourth-order valence-electron chi connectivity index (χ4n) is 2.13. The summed E-state index contributed by atoms with van der Waals surface area (Å²) in [7, 11) is 0. The van der Waals surface area contributed by atoms with Gasteiger partial charge in [0.1, 0.15) is 10.8 Å². The number of hydrogen-bond acceptors (Lipinski definition) is 4. The Morgan fingerprint density at radius 2 is 2.04 bits per heavy atom. The molecule has 2 rings (SSSR count). The standard InChI is InChI=1S/C17H22F2N4OS/c1-4-20-17(22-10-15-23-11(2)12(3)25-15)21-9-13-7-5-6-8-14(13)24-16(18)19/h5-8,16H,4,9-10H2,1-3H3,(H2,20,21,22). The number of hydrogen-bond donors (Lipinski definition) is 2. The summed E-state index contributed by atoms with van der Waals surface area (Å²) in [6, 6.07) is 6.66. The summed E-state index contributed by atoms with van der Waals surface area (Å²) in [6.45, 7) is 4.60. The van der Waals surface area contributed by atoms with Crippen molar-refractivity contribution in [3.63, 3.8) is 0 Å². The van der Waals surface area contributed by atoms with E-state index in [0.29, 0.717) is 24.6 Å². The molecule has 0 amide bonds. The van der Waals surface area contributed by atoms with Crippen LogP contribution in [0.2, 0.25) is 0 Å². The zero-order valence-corrected chi connectivity index (χ0v) is 15.3. The number of aromatic nitrogens is 1. The Morgan fingerprint density at radius 3 is 2.68 bits per heavy atom. The first-order valence-electron chi connectivity index (χ1n) is 7.97. The van der Waals surface area contributed by atoms with Gasteiger partial charge in [-0.3, -0.25) is 0 Å². The van der Waals surface area contributed by atoms with E-state index in [4.69, 9.17) is 0 Å². The highest BCUT2D eigenvalue weighted by Gasteiger charge is 2.09. The Kier molecular flexibility index (Phi) is 7.12. The number of para-hydroxylation sites is 1. The number of thiazole rings is 1. The molecule has 0 aliphatic rings. The summed E-state index contributed by atoms with van der Waals surface area (Å²) >= 11 is 1.64. The second-order valence-electron chi connectivity index (χ2n) is 5.28. The first-order chi connectivity index (χ1) is 12.0. The highest BCUT2D eigenvalue weighted by atomic mass is 32.1. The minimum Gasteiger partial charge on any atom is -0.434 e. The van der Waals surface area contributed by atoms with Gasteiger partial charge in [-0.2, -0.15) is 8.78 Å². The number of aliphatic imine (C=N–C) groups is 1. The Labute approximate surface area is 150 Å². The molecule has 0 saturated heterocycles. The molecular weight excluding hydrogens is 346 g/mol. The van der Waals surface area contributed by atoms with Gasteiger partial charge in [-0.1, -0.05) is 18.2 Å². The number of guanidine groups is 1. The van der Waals surface area contributed by atoms with Crippen LogP contribution < -0.4 is 15.4 Å². The summed E-state index contributed by atoms with van der Waals surface area (Å²) in [5.74, 6) is 0.739. The number of aryl methyl sites for hydroxylation is 2. The lowest BCUT2D eigenvalue weighted by molar-refractivity contribution is -0.0504. The fourth-order valence-corrected chi connectivity index (χ4v) is 3.00. The largest absolute Gasteiger partial charge is 0.434 e. The van der Waals surface area contributed by atoms with Crippen molar-refractivity contribution in [1.82, 2.24) is 15.6 Å². The number of halogens is 2. The van der Waals surface area contributed by atoms with Crippen molar-refractivity contribution in [2.24, 2.45) is 4.99 Å². The van der Waals surface area contributed by atoms with Crippen LogP contribution in [0.15, 0.2) is 29.3 Å². The molecule has 0 bridgehead atoms. The molecular formula is C17H22F2N4OS. The summed E-state index contributed by atoms with van der Waals surface area (Å²) in [5, 5.41) is 7.31. The van der Waals surface area contributed by atoms with E-state index in [1.165, 1.54) is 10.9 Å². The predicted octanol–water partition coefficient (Wildman–Crippen LogP) is 3.62. The molecule has 0 unspecified atom stereocenters. The van der Waals surface area contributed by atoms with Crippen LogP contribution in [0.4, 0.5) is 8.78 Å². The molecule has 2 aromatic rings. The minimum atomic E-state index is -2.85.